The third-order valence-corrected chi connectivity index (χ3v) is 4.45. The predicted molar refractivity (Wildman–Crippen MR) is 88.3 cm³/mol. The zero-order valence-corrected chi connectivity index (χ0v) is 13.6. The van der Waals surface area contributed by atoms with Crippen molar-refractivity contribution in [3.63, 3.8) is 0 Å². The molecule has 0 N–H and O–H groups in total. The molecule has 4 nitrogen and oxygen atoms in total. The van der Waals surface area contributed by atoms with Crippen molar-refractivity contribution in [1.29, 1.82) is 5.26 Å². The third kappa shape index (κ3) is 3.03. The Balaban J connectivity index is 2.05. The lowest BCUT2D eigenvalue weighted by Crippen LogP contribution is -2.29. The van der Waals surface area contributed by atoms with Gasteiger partial charge in [-0.15, -0.1) is 11.6 Å². The van der Waals surface area contributed by atoms with Crippen molar-refractivity contribution in [3.8, 4) is 11.8 Å². The zero-order chi connectivity index (χ0) is 16.4. The number of carbonyl (C=O) groups excluding carboxylic acids is 1. The zero-order valence-electron chi connectivity index (χ0n) is 12.9. The summed E-state index contributed by atoms with van der Waals surface area (Å²) in [7, 11) is 0. The van der Waals surface area contributed by atoms with Gasteiger partial charge in [0.25, 0.3) is 0 Å². The molecule has 23 heavy (non-hydrogen) atoms. The van der Waals surface area contributed by atoms with Crippen molar-refractivity contribution in [2.75, 3.05) is 19.1 Å². The number of hydrogen-bond donors (Lipinski definition) is 0. The predicted octanol–water partition coefficient (Wildman–Crippen LogP) is 3.27. The average Bonchev–Trinajstić information content (AvgIpc) is 2.87. The molecule has 0 saturated carbocycles. The van der Waals surface area contributed by atoms with Crippen molar-refractivity contribution < 1.29 is 9.53 Å². The Morgan fingerprint density at radius 1 is 1.39 bits per heavy atom. The summed E-state index contributed by atoms with van der Waals surface area (Å²) in [5.41, 5.74) is 4.19. The number of nitrogens with zero attached hydrogens (tertiary/aromatic N) is 2. The summed E-state index contributed by atoms with van der Waals surface area (Å²) in [4.78, 5) is 12.1. The highest BCUT2D eigenvalue weighted by molar-refractivity contribution is 6.30. The summed E-state index contributed by atoms with van der Waals surface area (Å²) in [5, 5.41) is 8.95. The van der Waals surface area contributed by atoms with Gasteiger partial charge in [0.15, 0.2) is 5.78 Å². The minimum atomic E-state index is -0.0670. The third-order valence-electron chi connectivity index (χ3n) is 4.20. The monoisotopic (exact) mass is 328 g/mol. The van der Waals surface area contributed by atoms with E-state index in [2.05, 4.69) is 10.6 Å². The van der Waals surface area contributed by atoms with E-state index in [0.29, 0.717) is 17.0 Å². The van der Waals surface area contributed by atoms with Crippen molar-refractivity contribution in [1.82, 2.24) is 4.57 Å². The summed E-state index contributed by atoms with van der Waals surface area (Å²) < 4.78 is 7.34. The quantitative estimate of drug-likeness (QED) is 0.625. The summed E-state index contributed by atoms with van der Waals surface area (Å²) in [6, 6.07) is 11.4. The van der Waals surface area contributed by atoms with Crippen LogP contribution in [-0.2, 0) is 11.2 Å². The second kappa shape index (κ2) is 6.57. The van der Waals surface area contributed by atoms with Crippen LogP contribution in [0.4, 0.5) is 0 Å². The summed E-state index contributed by atoms with van der Waals surface area (Å²) in [6.07, 6.45) is 0.858. The maximum absolute atomic E-state index is 12.1. The second-order valence-corrected chi connectivity index (χ2v) is 6.06. The van der Waals surface area contributed by atoms with Crippen LogP contribution in [0.3, 0.4) is 0 Å². The normalized spacial score (nSPS) is 14.3. The summed E-state index contributed by atoms with van der Waals surface area (Å²) in [6.45, 7) is 3.45. The molecule has 0 unspecified atom stereocenters. The first kappa shape index (κ1) is 15.8. The SMILES string of the molecule is Cc1c(C(=O)CCl)cc(CC2COC2)n1-c1ccc(C#N)cc1. The fraction of sp³-hybridized carbons (Fsp3) is 0.333. The van der Waals surface area contributed by atoms with E-state index >= 15 is 0 Å². The van der Waals surface area contributed by atoms with Gasteiger partial charge in [-0.25, -0.2) is 0 Å². The van der Waals surface area contributed by atoms with Gasteiger partial charge in [0.05, 0.1) is 30.7 Å². The lowest BCUT2D eigenvalue weighted by Gasteiger charge is -2.26. The number of rotatable bonds is 5. The standard InChI is InChI=1S/C18H17ClN2O2/c1-12-17(18(22)8-19)7-16(6-14-10-23-11-14)21(12)15-4-2-13(9-20)3-5-15/h2-5,7,14H,6,8,10-11H2,1H3. The van der Waals surface area contributed by atoms with Gasteiger partial charge in [-0.2, -0.15) is 5.26 Å². The van der Waals surface area contributed by atoms with Crippen molar-refractivity contribution in [2.45, 2.75) is 13.3 Å². The first-order valence-corrected chi connectivity index (χ1v) is 8.06. The molecule has 0 spiro atoms. The van der Waals surface area contributed by atoms with Crippen molar-refractivity contribution in [3.05, 3.63) is 52.8 Å². The summed E-state index contributed by atoms with van der Waals surface area (Å²) >= 11 is 5.74. The van der Waals surface area contributed by atoms with E-state index < -0.39 is 0 Å². The van der Waals surface area contributed by atoms with E-state index in [1.165, 1.54) is 0 Å². The van der Waals surface area contributed by atoms with Crippen LogP contribution < -0.4 is 0 Å². The van der Waals surface area contributed by atoms with E-state index in [1.807, 2.05) is 25.1 Å². The van der Waals surface area contributed by atoms with Gasteiger partial charge in [-0.3, -0.25) is 4.79 Å². The Hall–Kier alpha value is -2.09. The first-order chi connectivity index (χ1) is 11.1. The Kier molecular flexibility index (Phi) is 4.51. The molecule has 118 valence electrons. The maximum Gasteiger partial charge on any atom is 0.179 e. The van der Waals surface area contributed by atoms with E-state index in [4.69, 9.17) is 21.6 Å². The van der Waals surface area contributed by atoms with E-state index in [9.17, 15) is 4.79 Å². The molecule has 2 aromatic rings. The van der Waals surface area contributed by atoms with Gasteiger partial charge >= 0.3 is 0 Å². The molecule has 1 saturated heterocycles. The highest BCUT2D eigenvalue weighted by Crippen LogP contribution is 2.26. The van der Waals surface area contributed by atoms with Crippen LogP contribution >= 0.6 is 11.6 Å². The van der Waals surface area contributed by atoms with E-state index in [0.717, 1.165) is 36.7 Å². The van der Waals surface area contributed by atoms with Gasteiger partial charge in [0, 0.05) is 28.6 Å². The van der Waals surface area contributed by atoms with Gasteiger partial charge in [-0.05, 0) is 43.7 Å². The minimum absolute atomic E-state index is 0.0236. The van der Waals surface area contributed by atoms with Gasteiger partial charge in [0.2, 0.25) is 0 Å². The van der Waals surface area contributed by atoms with Crippen molar-refractivity contribution >= 4 is 17.4 Å². The fourth-order valence-electron chi connectivity index (χ4n) is 2.92. The number of nitriles is 1. The Morgan fingerprint density at radius 3 is 2.61 bits per heavy atom. The molecule has 0 amide bonds. The molecule has 0 aliphatic carbocycles. The molecule has 1 aromatic carbocycles. The van der Waals surface area contributed by atoms with Crippen LogP contribution in [0, 0.1) is 24.2 Å². The molecule has 2 heterocycles. The number of halogens is 1. The van der Waals surface area contributed by atoms with Crippen LogP contribution in [0.25, 0.3) is 5.69 Å². The lowest BCUT2D eigenvalue weighted by atomic mass is 10.0. The maximum atomic E-state index is 12.1. The number of Topliss-reactive ketones (excluding diaryl/α,β-unsaturated/α-hetero) is 1. The highest BCUT2D eigenvalue weighted by atomic mass is 35.5. The van der Waals surface area contributed by atoms with E-state index in [1.54, 1.807) is 12.1 Å². The van der Waals surface area contributed by atoms with Crippen LogP contribution in [0.15, 0.2) is 30.3 Å². The number of alkyl halides is 1. The molecular weight excluding hydrogens is 312 g/mol. The Labute approximate surface area is 140 Å². The van der Waals surface area contributed by atoms with Crippen LogP contribution in [0.2, 0.25) is 0 Å². The molecule has 3 rings (SSSR count). The molecule has 1 aliphatic heterocycles. The number of benzene rings is 1. The molecule has 1 fully saturated rings. The number of hydrogen-bond acceptors (Lipinski definition) is 3. The smallest absolute Gasteiger partial charge is 0.179 e. The average molecular weight is 329 g/mol. The molecular formula is C18H17ClN2O2. The van der Waals surface area contributed by atoms with Crippen LogP contribution in [0.1, 0.15) is 27.3 Å². The Morgan fingerprint density at radius 2 is 2.09 bits per heavy atom. The van der Waals surface area contributed by atoms with Crippen molar-refractivity contribution in [2.24, 2.45) is 5.92 Å². The molecule has 0 radical (unpaired) electrons. The molecule has 5 heteroatoms. The molecule has 1 aliphatic rings. The first-order valence-electron chi connectivity index (χ1n) is 7.52. The summed E-state index contributed by atoms with van der Waals surface area (Å²) in [5.74, 6) is 0.396. The highest BCUT2D eigenvalue weighted by Gasteiger charge is 2.24. The topological polar surface area (TPSA) is 55.0 Å². The fourth-order valence-corrected chi connectivity index (χ4v) is 3.06. The largest absolute Gasteiger partial charge is 0.381 e. The van der Waals surface area contributed by atoms with Gasteiger partial charge in [-0.1, -0.05) is 0 Å². The number of carbonyl (C=O) groups is 1. The van der Waals surface area contributed by atoms with E-state index in [-0.39, 0.29) is 11.7 Å². The molecule has 0 atom stereocenters. The minimum Gasteiger partial charge on any atom is -0.381 e. The number of ether oxygens (including phenoxy) is 1. The number of ketones is 1. The second-order valence-electron chi connectivity index (χ2n) is 5.79. The van der Waals surface area contributed by atoms with Crippen LogP contribution in [-0.4, -0.2) is 29.4 Å². The molecule has 0 bridgehead atoms. The van der Waals surface area contributed by atoms with Crippen LogP contribution in [0.5, 0.6) is 0 Å². The lowest BCUT2D eigenvalue weighted by molar-refractivity contribution is -0.0318. The number of aromatic nitrogens is 1. The molecule has 1 aromatic heterocycles. The Bertz CT molecular complexity index is 768. The van der Waals surface area contributed by atoms with Gasteiger partial charge < -0.3 is 9.30 Å². The van der Waals surface area contributed by atoms with Gasteiger partial charge in [0.1, 0.15) is 0 Å².